The Morgan fingerprint density at radius 3 is 1.93 bits per heavy atom. The second-order valence-corrected chi connectivity index (χ2v) is 4.06. The molecule has 0 amide bonds. The van der Waals surface area contributed by atoms with Gasteiger partial charge < -0.3 is 4.90 Å². The van der Waals surface area contributed by atoms with Crippen LogP contribution in [-0.2, 0) is 0 Å². The van der Waals surface area contributed by atoms with E-state index in [9.17, 15) is 0 Å². The maximum absolute atomic E-state index is 3.91. The van der Waals surface area contributed by atoms with Crippen molar-refractivity contribution in [3.05, 3.63) is 18.6 Å². The van der Waals surface area contributed by atoms with Crippen LogP contribution in [0.15, 0.2) is 11.6 Å². The molecule has 0 aliphatic carbocycles. The zero-order valence-corrected chi connectivity index (χ0v) is 11.2. The fourth-order valence-corrected chi connectivity index (χ4v) is 1.34. The average Bonchev–Trinajstić information content (AvgIpc) is 2.16. The van der Waals surface area contributed by atoms with Crippen LogP contribution in [-0.4, -0.2) is 24.5 Å². The van der Waals surface area contributed by atoms with Crippen LogP contribution in [0.3, 0.4) is 0 Å². The fourth-order valence-electron chi connectivity index (χ4n) is 1.34. The van der Waals surface area contributed by atoms with Gasteiger partial charge in [0, 0.05) is 0 Å². The van der Waals surface area contributed by atoms with Crippen molar-refractivity contribution >= 4 is 0 Å². The van der Waals surface area contributed by atoms with Crippen LogP contribution in [0.2, 0.25) is 0 Å². The van der Waals surface area contributed by atoms with Crippen molar-refractivity contribution in [3.63, 3.8) is 0 Å². The number of rotatable bonds is 8. The van der Waals surface area contributed by atoms with E-state index >= 15 is 0 Å². The van der Waals surface area contributed by atoms with E-state index in [4.69, 9.17) is 0 Å². The summed E-state index contributed by atoms with van der Waals surface area (Å²) in [5, 5.41) is 0. The van der Waals surface area contributed by atoms with E-state index in [2.05, 4.69) is 38.7 Å². The van der Waals surface area contributed by atoms with Gasteiger partial charge in [0.1, 0.15) is 0 Å². The number of unbranched alkanes of at least 4 members (excludes halogenated alkanes) is 2. The van der Waals surface area contributed by atoms with Gasteiger partial charge in [-0.2, -0.15) is 0 Å². The van der Waals surface area contributed by atoms with E-state index < -0.39 is 0 Å². The number of hydrogen-bond donors (Lipinski definition) is 0. The summed E-state index contributed by atoms with van der Waals surface area (Å²) in [6.07, 6.45) is 7.43. The van der Waals surface area contributed by atoms with Crippen LogP contribution >= 0.6 is 0 Å². The molecule has 0 saturated carbocycles. The van der Waals surface area contributed by atoms with Gasteiger partial charge in [-0.25, -0.2) is 18.6 Å². The first-order valence-corrected chi connectivity index (χ1v) is 5.91. The molecule has 0 saturated heterocycles. The molecule has 0 unspecified atom stereocenters. The summed E-state index contributed by atoms with van der Waals surface area (Å²) in [5.41, 5.74) is 1.18. The van der Waals surface area contributed by atoms with E-state index in [1.807, 2.05) is 0 Å². The van der Waals surface area contributed by atoms with Gasteiger partial charge in [-0.1, -0.05) is 33.6 Å². The summed E-state index contributed by atoms with van der Waals surface area (Å²) in [4.78, 5) is 2.53. The summed E-state index contributed by atoms with van der Waals surface area (Å²) >= 11 is 0. The Kier molecular flexibility index (Phi) is 14.3. The molecule has 0 bridgehead atoms. The molecule has 0 radical (unpaired) electrons. The topological polar surface area (TPSA) is 3.24 Å². The van der Waals surface area contributed by atoms with Crippen LogP contribution in [0.5, 0.6) is 0 Å². The smallest absolute Gasteiger partial charge is 0.316 e. The Balaban J connectivity index is 0. The summed E-state index contributed by atoms with van der Waals surface area (Å²) in [5.74, 6) is 0. The van der Waals surface area contributed by atoms with Gasteiger partial charge in [0.15, 0.2) is 0 Å². The first kappa shape index (κ1) is 17.6. The minimum Gasteiger partial charge on any atom is -0.316 e. The molecule has 0 N–H and O–H groups in total. The van der Waals surface area contributed by atoms with E-state index in [0.717, 1.165) is 6.54 Å². The fraction of sp³-hybridized carbons (Fsp3) is 0.769. The Morgan fingerprint density at radius 2 is 1.60 bits per heavy atom. The van der Waals surface area contributed by atoms with Gasteiger partial charge in [0.2, 0.25) is 0 Å². The van der Waals surface area contributed by atoms with Gasteiger partial charge in [-0.3, -0.25) is 0 Å². The molecule has 15 heavy (non-hydrogen) atoms. The van der Waals surface area contributed by atoms with E-state index in [1.54, 1.807) is 0 Å². The second-order valence-electron chi connectivity index (χ2n) is 4.06. The summed E-state index contributed by atoms with van der Waals surface area (Å²) < 4.78 is 0. The van der Waals surface area contributed by atoms with Gasteiger partial charge in [-0.05, 0) is 32.5 Å². The van der Waals surface area contributed by atoms with Crippen LogP contribution in [0, 0.1) is 6.92 Å². The first-order valence-electron chi connectivity index (χ1n) is 5.91. The molecule has 0 spiro atoms. The number of nitrogens with zero attached hydrogens (tertiary/aromatic N) is 1. The molecule has 0 aromatic heterocycles. The Hall–Kier alpha value is 0.167. The SMILES string of the molecule is [CH2-]/C(C)=C/CN(CCCC)CCCC.[Li+]. The average molecular weight is 203 g/mol. The van der Waals surface area contributed by atoms with Crippen molar-refractivity contribution in [1.29, 1.82) is 0 Å². The standard InChI is InChI=1S/C13H26N.Li/c1-5-7-10-14(11-8-6-2)12-9-13(3)4;/h9H,3,5-8,10-12H2,1-2,4H3;/q-1;+1/b13-9-;. The van der Waals surface area contributed by atoms with Gasteiger partial charge in [-0.15, -0.1) is 0 Å². The summed E-state index contributed by atoms with van der Waals surface area (Å²) in [6, 6.07) is 0. The minimum absolute atomic E-state index is 0. The zero-order valence-electron chi connectivity index (χ0n) is 11.2. The molecular formula is C13H26LiN. The molecule has 0 aliphatic heterocycles. The van der Waals surface area contributed by atoms with Crippen molar-refractivity contribution in [2.45, 2.75) is 46.5 Å². The summed E-state index contributed by atoms with van der Waals surface area (Å²) in [6.45, 7) is 14.0. The number of hydrogen-bond acceptors (Lipinski definition) is 1. The molecule has 0 rings (SSSR count). The molecule has 84 valence electrons. The molecule has 0 heterocycles. The Bertz CT molecular complexity index is 143. The van der Waals surface area contributed by atoms with Crippen molar-refractivity contribution in [3.8, 4) is 0 Å². The van der Waals surface area contributed by atoms with Crippen LogP contribution < -0.4 is 18.9 Å². The van der Waals surface area contributed by atoms with Crippen molar-refractivity contribution in [2.75, 3.05) is 19.6 Å². The van der Waals surface area contributed by atoms with E-state index in [-0.39, 0.29) is 18.9 Å². The Morgan fingerprint density at radius 1 is 1.13 bits per heavy atom. The zero-order chi connectivity index (χ0) is 10.8. The quantitative estimate of drug-likeness (QED) is 0.414. The van der Waals surface area contributed by atoms with Crippen LogP contribution in [0.4, 0.5) is 0 Å². The van der Waals surface area contributed by atoms with Gasteiger partial charge in [0.25, 0.3) is 0 Å². The van der Waals surface area contributed by atoms with Crippen molar-refractivity contribution in [2.24, 2.45) is 0 Å². The normalized spacial score (nSPS) is 11.6. The Labute approximate surface area is 108 Å². The van der Waals surface area contributed by atoms with E-state index in [0.29, 0.717) is 0 Å². The second kappa shape index (κ2) is 12.2. The molecule has 0 aliphatic rings. The maximum atomic E-state index is 3.91. The van der Waals surface area contributed by atoms with Crippen molar-refractivity contribution < 1.29 is 18.9 Å². The molecular weight excluding hydrogens is 177 g/mol. The third kappa shape index (κ3) is 12.1. The first-order chi connectivity index (χ1) is 6.70. The predicted octanol–water partition coefficient (Wildman–Crippen LogP) is 0.673. The molecule has 0 aromatic carbocycles. The maximum Gasteiger partial charge on any atom is 1.00 e. The van der Waals surface area contributed by atoms with Crippen LogP contribution in [0.1, 0.15) is 46.5 Å². The molecule has 0 fully saturated rings. The summed E-state index contributed by atoms with van der Waals surface area (Å²) in [7, 11) is 0. The van der Waals surface area contributed by atoms with Gasteiger partial charge in [0.05, 0.1) is 0 Å². The third-order valence-electron chi connectivity index (χ3n) is 2.35. The van der Waals surface area contributed by atoms with Gasteiger partial charge >= 0.3 is 18.9 Å². The third-order valence-corrected chi connectivity index (χ3v) is 2.35. The minimum atomic E-state index is 0. The molecule has 2 heteroatoms. The predicted molar refractivity (Wildman–Crippen MR) is 65.4 cm³/mol. The monoisotopic (exact) mass is 203 g/mol. The number of allylic oxidation sites excluding steroid dienone is 1. The van der Waals surface area contributed by atoms with Crippen molar-refractivity contribution in [1.82, 2.24) is 4.90 Å². The largest absolute Gasteiger partial charge is 1.00 e. The van der Waals surface area contributed by atoms with E-state index in [1.165, 1.54) is 44.3 Å². The van der Waals surface area contributed by atoms with Crippen LogP contribution in [0.25, 0.3) is 0 Å². The molecule has 0 aromatic rings. The molecule has 1 nitrogen and oxygen atoms in total. The molecule has 0 atom stereocenters.